The third kappa shape index (κ3) is 4.38. The molecule has 0 bridgehead atoms. The Bertz CT molecular complexity index is 773. The molecule has 1 aliphatic rings. The number of nitrogens with one attached hydrogen (secondary N) is 1. The van der Waals surface area contributed by atoms with Gasteiger partial charge in [0.1, 0.15) is 0 Å². The average Bonchev–Trinajstić information content (AvgIpc) is 3.05. The van der Waals surface area contributed by atoms with Crippen molar-refractivity contribution in [2.75, 3.05) is 17.2 Å². The predicted molar refractivity (Wildman–Crippen MR) is 99.1 cm³/mol. The topological polar surface area (TPSA) is 75.4 Å². The quantitative estimate of drug-likeness (QED) is 0.796. The van der Waals surface area contributed by atoms with E-state index in [1.807, 2.05) is 53.4 Å². The van der Waals surface area contributed by atoms with Gasteiger partial charge in [0, 0.05) is 37.3 Å². The molecule has 0 saturated carbocycles. The molecule has 3 rings (SSSR count). The number of amides is 2. The number of rotatable bonds is 6. The zero-order chi connectivity index (χ0) is 17.6. The van der Waals surface area contributed by atoms with Crippen LogP contribution in [0.3, 0.4) is 0 Å². The Morgan fingerprint density at radius 1 is 1.16 bits per heavy atom. The molecule has 0 unspecified atom stereocenters. The van der Waals surface area contributed by atoms with E-state index in [1.165, 1.54) is 0 Å². The minimum absolute atomic E-state index is 0.00842. The highest BCUT2D eigenvalue weighted by atomic mass is 16.2. The lowest BCUT2D eigenvalue weighted by Gasteiger charge is -2.16. The fourth-order valence-electron chi connectivity index (χ4n) is 3.05. The number of nitrogen functional groups attached to an aromatic ring is 1. The molecule has 5 heteroatoms. The average molecular weight is 337 g/mol. The first-order valence-electron chi connectivity index (χ1n) is 8.63. The van der Waals surface area contributed by atoms with Gasteiger partial charge in [-0.15, -0.1) is 0 Å². The Labute approximate surface area is 147 Å². The highest BCUT2D eigenvalue weighted by molar-refractivity contribution is 5.95. The Morgan fingerprint density at radius 2 is 2.00 bits per heavy atom. The molecular formula is C20H23N3O2. The smallest absolute Gasteiger partial charge is 0.227 e. The fraction of sp³-hybridized carbons (Fsp3) is 0.300. The summed E-state index contributed by atoms with van der Waals surface area (Å²) >= 11 is 0. The van der Waals surface area contributed by atoms with Gasteiger partial charge in [-0.2, -0.15) is 0 Å². The molecule has 0 spiro atoms. The van der Waals surface area contributed by atoms with Gasteiger partial charge in [-0.3, -0.25) is 9.59 Å². The lowest BCUT2D eigenvalue weighted by Crippen LogP contribution is -2.25. The minimum Gasteiger partial charge on any atom is -0.399 e. The van der Waals surface area contributed by atoms with Crippen molar-refractivity contribution in [3.8, 4) is 0 Å². The van der Waals surface area contributed by atoms with Crippen LogP contribution in [0.1, 0.15) is 30.4 Å². The maximum Gasteiger partial charge on any atom is 0.227 e. The second kappa shape index (κ2) is 7.83. The molecule has 1 aliphatic heterocycles. The van der Waals surface area contributed by atoms with Crippen LogP contribution in [0.5, 0.6) is 0 Å². The highest BCUT2D eigenvalue weighted by Crippen LogP contribution is 2.22. The summed E-state index contributed by atoms with van der Waals surface area (Å²) in [6.07, 6.45) is 2.55. The third-order valence-electron chi connectivity index (χ3n) is 4.46. The van der Waals surface area contributed by atoms with E-state index in [-0.39, 0.29) is 11.8 Å². The second-order valence-corrected chi connectivity index (χ2v) is 6.29. The molecular weight excluding hydrogens is 314 g/mol. The maximum absolute atomic E-state index is 12.1. The number of carbonyl (C=O) groups excluding carboxylic acids is 2. The maximum atomic E-state index is 12.1. The van der Waals surface area contributed by atoms with E-state index in [9.17, 15) is 9.59 Å². The lowest BCUT2D eigenvalue weighted by atomic mass is 10.1. The van der Waals surface area contributed by atoms with Crippen molar-refractivity contribution in [2.24, 2.45) is 0 Å². The summed E-state index contributed by atoms with van der Waals surface area (Å²) in [5, 5.41) is 2.93. The van der Waals surface area contributed by atoms with Crippen LogP contribution in [-0.4, -0.2) is 18.4 Å². The first-order chi connectivity index (χ1) is 12.1. The van der Waals surface area contributed by atoms with Gasteiger partial charge >= 0.3 is 0 Å². The summed E-state index contributed by atoms with van der Waals surface area (Å²) in [5.41, 5.74) is 9.51. The van der Waals surface area contributed by atoms with E-state index >= 15 is 0 Å². The summed E-state index contributed by atoms with van der Waals surface area (Å²) in [5.74, 6) is 0.160. The largest absolute Gasteiger partial charge is 0.399 e. The van der Waals surface area contributed by atoms with Crippen molar-refractivity contribution in [1.82, 2.24) is 5.32 Å². The van der Waals surface area contributed by atoms with E-state index < -0.39 is 0 Å². The number of para-hydroxylation sites is 1. The van der Waals surface area contributed by atoms with Crippen LogP contribution in [0.25, 0.3) is 0 Å². The standard InChI is InChI=1S/C20H23N3O2/c21-18-8-2-1-6-16(18)10-11-19(24)22-14-15-5-3-7-17(13-15)23-12-4-9-20(23)25/h1-3,5-8,13H,4,9-12,14,21H2,(H,22,24). The molecule has 0 atom stereocenters. The molecule has 0 aliphatic carbocycles. The van der Waals surface area contributed by atoms with Gasteiger partial charge < -0.3 is 16.0 Å². The van der Waals surface area contributed by atoms with Crippen LogP contribution < -0.4 is 16.0 Å². The molecule has 0 aromatic heterocycles. The van der Waals surface area contributed by atoms with E-state index in [0.29, 0.717) is 25.8 Å². The Balaban J connectivity index is 1.52. The molecule has 0 radical (unpaired) electrons. The molecule has 2 amide bonds. The number of hydrogen-bond acceptors (Lipinski definition) is 3. The van der Waals surface area contributed by atoms with Gasteiger partial charge in [-0.1, -0.05) is 30.3 Å². The normalized spacial score (nSPS) is 13.9. The van der Waals surface area contributed by atoms with E-state index in [0.717, 1.165) is 35.5 Å². The fourth-order valence-corrected chi connectivity index (χ4v) is 3.05. The van der Waals surface area contributed by atoms with Crippen LogP contribution in [0, 0.1) is 0 Å². The first-order valence-corrected chi connectivity index (χ1v) is 8.63. The zero-order valence-corrected chi connectivity index (χ0v) is 14.2. The number of nitrogens with zero attached hydrogens (tertiary/aromatic N) is 1. The van der Waals surface area contributed by atoms with Crippen molar-refractivity contribution >= 4 is 23.2 Å². The summed E-state index contributed by atoms with van der Waals surface area (Å²) in [7, 11) is 0. The molecule has 5 nitrogen and oxygen atoms in total. The van der Waals surface area contributed by atoms with E-state index in [1.54, 1.807) is 0 Å². The van der Waals surface area contributed by atoms with Crippen LogP contribution in [0.4, 0.5) is 11.4 Å². The number of nitrogens with two attached hydrogens (primary N) is 1. The van der Waals surface area contributed by atoms with Crippen molar-refractivity contribution in [3.05, 3.63) is 59.7 Å². The Morgan fingerprint density at radius 3 is 2.76 bits per heavy atom. The molecule has 3 N–H and O–H groups in total. The van der Waals surface area contributed by atoms with E-state index in [4.69, 9.17) is 5.73 Å². The minimum atomic E-state index is -0.00842. The van der Waals surface area contributed by atoms with E-state index in [2.05, 4.69) is 5.32 Å². The monoisotopic (exact) mass is 337 g/mol. The van der Waals surface area contributed by atoms with Crippen LogP contribution >= 0.6 is 0 Å². The lowest BCUT2D eigenvalue weighted by molar-refractivity contribution is -0.121. The Kier molecular flexibility index (Phi) is 5.33. The molecule has 1 saturated heterocycles. The number of benzene rings is 2. The summed E-state index contributed by atoms with van der Waals surface area (Å²) in [4.78, 5) is 25.7. The highest BCUT2D eigenvalue weighted by Gasteiger charge is 2.21. The zero-order valence-electron chi connectivity index (χ0n) is 14.2. The van der Waals surface area contributed by atoms with Gasteiger partial charge in [-0.25, -0.2) is 0 Å². The van der Waals surface area contributed by atoms with Crippen molar-refractivity contribution < 1.29 is 9.59 Å². The van der Waals surface area contributed by atoms with Crippen LogP contribution in [-0.2, 0) is 22.6 Å². The summed E-state index contributed by atoms with van der Waals surface area (Å²) in [6.45, 7) is 1.23. The summed E-state index contributed by atoms with van der Waals surface area (Å²) < 4.78 is 0. The van der Waals surface area contributed by atoms with Gasteiger partial charge in [0.2, 0.25) is 11.8 Å². The number of aryl methyl sites for hydroxylation is 1. The molecule has 130 valence electrons. The van der Waals surface area contributed by atoms with Gasteiger partial charge in [0.25, 0.3) is 0 Å². The Hall–Kier alpha value is -2.82. The summed E-state index contributed by atoms with van der Waals surface area (Å²) in [6, 6.07) is 15.4. The first kappa shape index (κ1) is 17.0. The number of hydrogen-bond donors (Lipinski definition) is 2. The SMILES string of the molecule is Nc1ccccc1CCC(=O)NCc1cccc(N2CCCC2=O)c1. The third-order valence-corrected chi connectivity index (χ3v) is 4.46. The molecule has 2 aromatic carbocycles. The molecule has 2 aromatic rings. The van der Waals surface area contributed by atoms with Gasteiger partial charge in [0.15, 0.2) is 0 Å². The van der Waals surface area contributed by atoms with Crippen LogP contribution in [0.2, 0.25) is 0 Å². The molecule has 1 heterocycles. The van der Waals surface area contributed by atoms with Crippen molar-refractivity contribution in [1.29, 1.82) is 0 Å². The van der Waals surface area contributed by atoms with Gasteiger partial charge in [-0.05, 0) is 42.2 Å². The second-order valence-electron chi connectivity index (χ2n) is 6.29. The predicted octanol–water partition coefficient (Wildman–Crippen LogP) is 2.64. The molecule has 1 fully saturated rings. The number of anilines is 2. The van der Waals surface area contributed by atoms with Gasteiger partial charge in [0.05, 0.1) is 0 Å². The number of carbonyl (C=O) groups is 2. The van der Waals surface area contributed by atoms with Crippen molar-refractivity contribution in [3.63, 3.8) is 0 Å². The van der Waals surface area contributed by atoms with Crippen LogP contribution in [0.15, 0.2) is 48.5 Å². The van der Waals surface area contributed by atoms with Crippen molar-refractivity contribution in [2.45, 2.75) is 32.2 Å². The molecule has 25 heavy (non-hydrogen) atoms.